The minimum atomic E-state index is 0.0303. The van der Waals surface area contributed by atoms with Crippen molar-refractivity contribution in [1.29, 1.82) is 0 Å². The quantitative estimate of drug-likeness (QED) is 0.799. The Kier molecular flexibility index (Phi) is 3.58. The molecule has 0 bridgehead atoms. The van der Waals surface area contributed by atoms with Crippen LogP contribution in [0.1, 0.15) is 23.6 Å². The van der Waals surface area contributed by atoms with E-state index in [-0.39, 0.29) is 11.8 Å². The summed E-state index contributed by atoms with van der Waals surface area (Å²) < 4.78 is 5.19. The topological polar surface area (TPSA) is 55.5 Å². The number of nitrogens with two attached hydrogens (primary N) is 1. The standard InChI is InChI=1S/C12H19NO2/c1-7-5-10(6-8(2)13)11(14)12(15-4)9(7)3/h5,8,14H,6,13H2,1-4H3. The molecule has 15 heavy (non-hydrogen) atoms. The molecule has 0 radical (unpaired) electrons. The van der Waals surface area contributed by atoms with E-state index in [4.69, 9.17) is 10.5 Å². The molecule has 0 amide bonds. The summed E-state index contributed by atoms with van der Waals surface area (Å²) in [4.78, 5) is 0. The summed E-state index contributed by atoms with van der Waals surface area (Å²) in [5, 5.41) is 9.96. The van der Waals surface area contributed by atoms with E-state index >= 15 is 0 Å². The van der Waals surface area contributed by atoms with Crippen LogP contribution in [0.5, 0.6) is 11.5 Å². The fourth-order valence-corrected chi connectivity index (χ4v) is 1.69. The molecule has 3 nitrogen and oxygen atoms in total. The zero-order valence-electron chi connectivity index (χ0n) is 9.79. The summed E-state index contributed by atoms with van der Waals surface area (Å²) in [7, 11) is 1.57. The first-order chi connectivity index (χ1) is 6.97. The second-order valence-electron chi connectivity index (χ2n) is 4.04. The Morgan fingerprint density at radius 2 is 2.07 bits per heavy atom. The molecule has 0 saturated heterocycles. The molecule has 0 saturated carbocycles. The summed E-state index contributed by atoms with van der Waals surface area (Å²) >= 11 is 0. The maximum Gasteiger partial charge on any atom is 0.163 e. The highest BCUT2D eigenvalue weighted by Gasteiger charge is 2.14. The van der Waals surface area contributed by atoms with Gasteiger partial charge in [0.2, 0.25) is 0 Å². The molecule has 3 N–H and O–H groups in total. The monoisotopic (exact) mass is 209 g/mol. The van der Waals surface area contributed by atoms with Crippen LogP contribution in [-0.2, 0) is 6.42 Å². The van der Waals surface area contributed by atoms with Crippen molar-refractivity contribution in [3.8, 4) is 11.5 Å². The number of methoxy groups -OCH3 is 1. The van der Waals surface area contributed by atoms with Crippen LogP contribution in [0.4, 0.5) is 0 Å². The lowest BCUT2D eigenvalue weighted by Crippen LogP contribution is -2.18. The molecule has 0 aliphatic carbocycles. The Bertz CT molecular complexity index is 359. The highest BCUT2D eigenvalue weighted by Crippen LogP contribution is 2.35. The fourth-order valence-electron chi connectivity index (χ4n) is 1.69. The van der Waals surface area contributed by atoms with Gasteiger partial charge in [0.05, 0.1) is 7.11 Å². The van der Waals surface area contributed by atoms with E-state index in [1.54, 1.807) is 7.11 Å². The molecule has 0 heterocycles. The van der Waals surface area contributed by atoms with E-state index in [0.29, 0.717) is 12.2 Å². The van der Waals surface area contributed by atoms with Crippen molar-refractivity contribution in [2.45, 2.75) is 33.2 Å². The molecule has 0 aliphatic rings. The fraction of sp³-hybridized carbons (Fsp3) is 0.500. The maximum absolute atomic E-state index is 9.96. The number of aromatic hydroxyl groups is 1. The molecule has 0 spiro atoms. The lowest BCUT2D eigenvalue weighted by Gasteiger charge is -2.15. The van der Waals surface area contributed by atoms with Gasteiger partial charge in [-0.2, -0.15) is 0 Å². The molecule has 0 fully saturated rings. The Balaban J connectivity index is 3.24. The van der Waals surface area contributed by atoms with Crippen LogP contribution in [0.2, 0.25) is 0 Å². The molecule has 1 atom stereocenters. The van der Waals surface area contributed by atoms with E-state index in [0.717, 1.165) is 16.7 Å². The van der Waals surface area contributed by atoms with Crippen molar-refractivity contribution in [3.05, 3.63) is 22.8 Å². The predicted molar refractivity (Wildman–Crippen MR) is 61.5 cm³/mol. The molecule has 0 aliphatic heterocycles. The smallest absolute Gasteiger partial charge is 0.163 e. The molecule has 1 aromatic carbocycles. The van der Waals surface area contributed by atoms with Crippen LogP contribution in [-0.4, -0.2) is 18.3 Å². The van der Waals surface area contributed by atoms with Crippen LogP contribution in [0.3, 0.4) is 0 Å². The van der Waals surface area contributed by atoms with Gasteiger partial charge in [-0.1, -0.05) is 6.07 Å². The first-order valence-corrected chi connectivity index (χ1v) is 5.09. The van der Waals surface area contributed by atoms with Gasteiger partial charge in [0, 0.05) is 6.04 Å². The van der Waals surface area contributed by atoms with Crippen LogP contribution < -0.4 is 10.5 Å². The van der Waals surface area contributed by atoms with Crippen molar-refractivity contribution in [2.24, 2.45) is 5.73 Å². The van der Waals surface area contributed by atoms with Gasteiger partial charge < -0.3 is 15.6 Å². The summed E-state index contributed by atoms with van der Waals surface area (Å²) in [5.41, 5.74) is 8.66. The van der Waals surface area contributed by atoms with Gasteiger partial charge in [-0.05, 0) is 43.9 Å². The summed E-state index contributed by atoms with van der Waals surface area (Å²) in [6.07, 6.45) is 0.656. The highest BCUT2D eigenvalue weighted by atomic mass is 16.5. The van der Waals surface area contributed by atoms with E-state index in [2.05, 4.69) is 0 Å². The minimum absolute atomic E-state index is 0.0303. The third-order valence-corrected chi connectivity index (χ3v) is 2.59. The zero-order chi connectivity index (χ0) is 11.6. The van der Waals surface area contributed by atoms with Gasteiger partial charge in [0.15, 0.2) is 11.5 Å². The molecule has 1 rings (SSSR count). The predicted octanol–water partition coefficient (Wildman–Crippen LogP) is 1.91. The van der Waals surface area contributed by atoms with Crippen LogP contribution >= 0.6 is 0 Å². The largest absolute Gasteiger partial charge is 0.504 e. The average Bonchev–Trinajstić information content (AvgIpc) is 2.14. The third kappa shape index (κ3) is 2.42. The number of benzene rings is 1. The first-order valence-electron chi connectivity index (χ1n) is 5.09. The maximum atomic E-state index is 9.96. The van der Waals surface area contributed by atoms with Crippen molar-refractivity contribution in [3.63, 3.8) is 0 Å². The number of phenols is 1. The summed E-state index contributed by atoms with van der Waals surface area (Å²) in [6, 6.07) is 2.00. The summed E-state index contributed by atoms with van der Waals surface area (Å²) in [6.45, 7) is 5.85. The molecule has 3 heteroatoms. The van der Waals surface area contributed by atoms with Gasteiger partial charge in [0.25, 0.3) is 0 Å². The SMILES string of the molecule is COc1c(C)c(C)cc(CC(C)N)c1O. The Morgan fingerprint density at radius 1 is 1.47 bits per heavy atom. The third-order valence-electron chi connectivity index (χ3n) is 2.59. The van der Waals surface area contributed by atoms with Gasteiger partial charge in [-0.15, -0.1) is 0 Å². The van der Waals surface area contributed by atoms with Crippen molar-refractivity contribution in [2.75, 3.05) is 7.11 Å². The zero-order valence-corrected chi connectivity index (χ0v) is 9.79. The Morgan fingerprint density at radius 3 is 2.53 bits per heavy atom. The van der Waals surface area contributed by atoms with Gasteiger partial charge >= 0.3 is 0 Å². The second kappa shape index (κ2) is 4.53. The first kappa shape index (κ1) is 11.9. The van der Waals surface area contributed by atoms with E-state index < -0.39 is 0 Å². The van der Waals surface area contributed by atoms with Gasteiger partial charge in [0.1, 0.15) is 0 Å². The minimum Gasteiger partial charge on any atom is -0.504 e. The number of aryl methyl sites for hydroxylation is 1. The Labute approximate surface area is 90.9 Å². The van der Waals surface area contributed by atoms with E-state index in [9.17, 15) is 5.11 Å². The van der Waals surface area contributed by atoms with Crippen LogP contribution in [0.25, 0.3) is 0 Å². The normalized spacial score (nSPS) is 12.6. The van der Waals surface area contributed by atoms with E-state index in [1.807, 2.05) is 26.8 Å². The molecule has 84 valence electrons. The second-order valence-corrected chi connectivity index (χ2v) is 4.04. The average molecular weight is 209 g/mol. The van der Waals surface area contributed by atoms with E-state index in [1.165, 1.54) is 0 Å². The number of phenolic OH excluding ortho intramolecular Hbond substituents is 1. The van der Waals surface area contributed by atoms with Crippen LogP contribution in [0.15, 0.2) is 6.07 Å². The molecule has 1 unspecified atom stereocenters. The molecule has 0 aromatic heterocycles. The highest BCUT2D eigenvalue weighted by molar-refractivity contribution is 5.54. The Hall–Kier alpha value is -1.22. The van der Waals surface area contributed by atoms with Crippen molar-refractivity contribution < 1.29 is 9.84 Å². The van der Waals surface area contributed by atoms with Crippen molar-refractivity contribution in [1.82, 2.24) is 0 Å². The molecular formula is C12H19NO2. The lowest BCUT2D eigenvalue weighted by molar-refractivity contribution is 0.367. The summed E-state index contributed by atoms with van der Waals surface area (Å²) in [5.74, 6) is 0.781. The lowest BCUT2D eigenvalue weighted by atomic mass is 9.99. The van der Waals surface area contributed by atoms with Gasteiger partial charge in [-0.3, -0.25) is 0 Å². The number of rotatable bonds is 3. The number of ether oxygens (including phenoxy) is 1. The van der Waals surface area contributed by atoms with Crippen molar-refractivity contribution >= 4 is 0 Å². The molecule has 1 aromatic rings. The molecular weight excluding hydrogens is 190 g/mol. The van der Waals surface area contributed by atoms with Crippen LogP contribution in [0, 0.1) is 13.8 Å². The number of hydrogen-bond acceptors (Lipinski definition) is 3. The van der Waals surface area contributed by atoms with Gasteiger partial charge in [-0.25, -0.2) is 0 Å². The number of hydrogen-bond donors (Lipinski definition) is 2.